The van der Waals surface area contributed by atoms with Crippen LogP contribution in [0.5, 0.6) is 0 Å². The molecule has 2 nitrogen and oxygen atoms in total. The van der Waals surface area contributed by atoms with Crippen molar-refractivity contribution >= 4 is 0 Å². The molecule has 0 heterocycles. The first-order valence-corrected chi connectivity index (χ1v) is 7.61. The van der Waals surface area contributed by atoms with Crippen LogP contribution in [0.15, 0.2) is 24.3 Å². The highest BCUT2D eigenvalue weighted by atomic mass is 16.3. The van der Waals surface area contributed by atoms with E-state index >= 15 is 0 Å². The van der Waals surface area contributed by atoms with Crippen LogP contribution in [-0.4, -0.2) is 29.6 Å². The number of likely N-dealkylation sites (N-methyl/N-ethyl adjacent to an activating group) is 1. The molecule has 0 amide bonds. The summed E-state index contributed by atoms with van der Waals surface area (Å²) in [7, 11) is 2.08. The Labute approximate surface area is 124 Å². The van der Waals surface area contributed by atoms with Gasteiger partial charge < -0.3 is 10.0 Å². The fourth-order valence-corrected chi connectivity index (χ4v) is 2.26. The highest BCUT2D eigenvalue weighted by Gasteiger charge is 2.18. The molecular weight excluding hydrogens is 246 g/mol. The molecule has 1 N–H and O–H groups in total. The highest BCUT2D eigenvalue weighted by Crippen LogP contribution is 2.24. The van der Waals surface area contributed by atoms with Gasteiger partial charge in [-0.3, -0.25) is 0 Å². The lowest BCUT2D eigenvalue weighted by molar-refractivity contribution is 0.0955. The number of nitrogens with zero attached hydrogens (tertiary/aromatic N) is 1. The lowest BCUT2D eigenvalue weighted by Crippen LogP contribution is -2.36. The van der Waals surface area contributed by atoms with Crippen LogP contribution in [-0.2, 0) is 5.41 Å². The molecule has 1 aromatic rings. The van der Waals surface area contributed by atoms with E-state index in [1.807, 2.05) is 0 Å². The van der Waals surface area contributed by atoms with Crippen molar-refractivity contribution in [3.05, 3.63) is 35.4 Å². The molecule has 0 aromatic heterocycles. The fraction of sp³-hybridized carbons (Fsp3) is 0.667. The van der Waals surface area contributed by atoms with Crippen LogP contribution in [0.1, 0.15) is 58.8 Å². The molecule has 2 heteroatoms. The van der Waals surface area contributed by atoms with Gasteiger partial charge in [0.2, 0.25) is 0 Å². The van der Waals surface area contributed by atoms with E-state index < -0.39 is 6.10 Å². The van der Waals surface area contributed by atoms with E-state index in [-0.39, 0.29) is 5.41 Å². The zero-order valence-corrected chi connectivity index (χ0v) is 14.1. The van der Waals surface area contributed by atoms with Crippen molar-refractivity contribution in [3.8, 4) is 0 Å². The van der Waals surface area contributed by atoms with E-state index in [2.05, 4.69) is 77.8 Å². The molecule has 0 aliphatic carbocycles. The average molecular weight is 277 g/mol. The first-order valence-electron chi connectivity index (χ1n) is 7.61. The third-order valence-electron chi connectivity index (χ3n) is 4.28. The van der Waals surface area contributed by atoms with Gasteiger partial charge in [0, 0.05) is 12.6 Å². The van der Waals surface area contributed by atoms with Crippen LogP contribution < -0.4 is 0 Å². The summed E-state index contributed by atoms with van der Waals surface area (Å²) in [6.45, 7) is 13.9. The third-order valence-corrected chi connectivity index (χ3v) is 4.28. The van der Waals surface area contributed by atoms with Gasteiger partial charge in [-0.1, -0.05) is 58.9 Å². The van der Waals surface area contributed by atoms with E-state index in [9.17, 15) is 5.11 Å². The maximum absolute atomic E-state index is 10.4. The van der Waals surface area contributed by atoms with Gasteiger partial charge in [-0.15, -0.1) is 0 Å². The van der Waals surface area contributed by atoms with Crippen molar-refractivity contribution in [2.45, 2.75) is 59.1 Å². The largest absolute Gasteiger partial charge is 0.387 e. The summed E-state index contributed by atoms with van der Waals surface area (Å²) in [5.74, 6) is 0.593. The molecule has 0 aliphatic heterocycles. The molecule has 2 atom stereocenters. The standard InChI is InChI=1S/C18H31NO/c1-13(2)14(3)19(7)12-17(20)15-8-10-16(11-9-15)18(4,5)6/h8-11,13-14,17,20H,12H2,1-7H3. The Kier molecular flexibility index (Phi) is 5.79. The third kappa shape index (κ3) is 4.60. The molecule has 0 bridgehead atoms. The van der Waals surface area contributed by atoms with Gasteiger partial charge in [0.15, 0.2) is 0 Å². The summed E-state index contributed by atoms with van der Waals surface area (Å²) in [6, 6.07) is 8.84. The van der Waals surface area contributed by atoms with Gasteiger partial charge in [0.05, 0.1) is 6.10 Å². The lowest BCUT2D eigenvalue weighted by atomic mass is 9.86. The van der Waals surface area contributed by atoms with Crippen molar-refractivity contribution in [3.63, 3.8) is 0 Å². The lowest BCUT2D eigenvalue weighted by Gasteiger charge is -2.30. The van der Waals surface area contributed by atoms with Crippen LogP contribution in [0.4, 0.5) is 0 Å². The minimum absolute atomic E-state index is 0.159. The van der Waals surface area contributed by atoms with E-state index in [1.54, 1.807) is 0 Å². The zero-order valence-electron chi connectivity index (χ0n) is 14.1. The normalized spacial score (nSPS) is 15.7. The summed E-state index contributed by atoms with van der Waals surface area (Å²) in [4.78, 5) is 2.23. The number of hydrogen-bond donors (Lipinski definition) is 1. The molecular formula is C18H31NO. The maximum atomic E-state index is 10.4. The van der Waals surface area contributed by atoms with Crippen LogP contribution in [0.3, 0.4) is 0 Å². The topological polar surface area (TPSA) is 23.5 Å². The van der Waals surface area contributed by atoms with Gasteiger partial charge in [-0.25, -0.2) is 0 Å². The van der Waals surface area contributed by atoms with Gasteiger partial charge in [0.25, 0.3) is 0 Å². The van der Waals surface area contributed by atoms with Gasteiger partial charge in [-0.2, -0.15) is 0 Å². The monoisotopic (exact) mass is 277 g/mol. The first-order chi connectivity index (χ1) is 9.12. The average Bonchev–Trinajstić information content (AvgIpc) is 2.36. The van der Waals surface area contributed by atoms with Crippen molar-refractivity contribution < 1.29 is 5.11 Å². The Morgan fingerprint density at radius 1 is 1.05 bits per heavy atom. The molecule has 0 spiro atoms. The van der Waals surface area contributed by atoms with Gasteiger partial charge in [-0.05, 0) is 36.4 Å². The summed E-state index contributed by atoms with van der Waals surface area (Å²) in [5, 5.41) is 10.4. The van der Waals surface area contributed by atoms with Crippen molar-refractivity contribution in [1.82, 2.24) is 4.90 Å². The van der Waals surface area contributed by atoms with Crippen molar-refractivity contribution in [1.29, 1.82) is 0 Å². The molecule has 0 saturated carbocycles. The van der Waals surface area contributed by atoms with E-state index in [0.717, 1.165) is 5.56 Å². The smallest absolute Gasteiger partial charge is 0.0916 e. The van der Waals surface area contributed by atoms with Crippen LogP contribution in [0.2, 0.25) is 0 Å². The Morgan fingerprint density at radius 3 is 1.95 bits per heavy atom. The van der Waals surface area contributed by atoms with Gasteiger partial charge in [0.1, 0.15) is 0 Å². The number of aliphatic hydroxyl groups is 1. The molecule has 0 fully saturated rings. The first kappa shape index (κ1) is 17.2. The minimum atomic E-state index is -0.421. The Hall–Kier alpha value is -0.860. The van der Waals surface area contributed by atoms with Crippen molar-refractivity contribution in [2.24, 2.45) is 5.92 Å². The Bertz CT molecular complexity index is 402. The summed E-state index contributed by atoms with van der Waals surface area (Å²) in [5.41, 5.74) is 2.46. The molecule has 114 valence electrons. The second-order valence-corrected chi connectivity index (χ2v) is 7.31. The van der Waals surface area contributed by atoms with Crippen LogP contribution >= 0.6 is 0 Å². The number of hydrogen-bond acceptors (Lipinski definition) is 2. The van der Waals surface area contributed by atoms with E-state index in [0.29, 0.717) is 18.5 Å². The molecule has 0 aliphatic rings. The molecule has 0 radical (unpaired) electrons. The number of benzene rings is 1. The summed E-state index contributed by atoms with van der Waals surface area (Å²) < 4.78 is 0. The number of rotatable bonds is 5. The molecule has 1 rings (SSSR count). The van der Waals surface area contributed by atoms with E-state index in [4.69, 9.17) is 0 Å². The number of aliphatic hydroxyl groups excluding tert-OH is 1. The Morgan fingerprint density at radius 2 is 1.55 bits per heavy atom. The maximum Gasteiger partial charge on any atom is 0.0916 e. The Balaban J connectivity index is 2.71. The predicted octanol–water partition coefficient (Wildman–Crippen LogP) is 3.99. The minimum Gasteiger partial charge on any atom is -0.387 e. The molecule has 1 aromatic carbocycles. The predicted molar refractivity (Wildman–Crippen MR) is 87.0 cm³/mol. The second kappa shape index (κ2) is 6.73. The molecule has 0 saturated heterocycles. The summed E-state index contributed by atoms with van der Waals surface area (Å²) >= 11 is 0. The quantitative estimate of drug-likeness (QED) is 0.879. The summed E-state index contributed by atoms with van der Waals surface area (Å²) in [6.07, 6.45) is -0.421. The van der Waals surface area contributed by atoms with Crippen LogP contribution in [0, 0.1) is 5.92 Å². The fourth-order valence-electron chi connectivity index (χ4n) is 2.26. The SMILES string of the molecule is CC(C)C(C)N(C)CC(O)c1ccc(C(C)(C)C)cc1. The van der Waals surface area contributed by atoms with Crippen LogP contribution in [0.25, 0.3) is 0 Å². The molecule has 2 unspecified atom stereocenters. The van der Waals surface area contributed by atoms with Crippen molar-refractivity contribution in [2.75, 3.05) is 13.6 Å². The molecule has 20 heavy (non-hydrogen) atoms. The highest BCUT2D eigenvalue weighted by molar-refractivity contribution is 5.28. The zero-order chi connectivity index (χ0) is 15.5. The van der Waals surface area contributed by atoms with Gasteiger partial charge >= 0.3 is 0 Å². The second-order valence-electron chi connectivity index (χ2n) is 7.31. The van der Waals surface area contributed by atoms with E-state index in [1.165, 1.54) is 5.56 Å².